The van der Waals surface area contributed by atoms with Crippen molar-refractivity contribution in [2.75, 3.05) is 0 Å². The SMILES string of the molecule is CC[C@H](C)[C@H](N)C(=O)O.OCl. The van der Waals surface area contributed by atoms with Crippen molar-refractivity contribution in [3.05, 3.63) is 0 Å². The molecule has 0 aliphatic rings. The fourth-order valence-electron chi connectivity index (χ4n) is 0.497. The van der Waals surface area contributed by atoms with E-state index in [0.717, 1.165) is 6.42 Å². The first kappa shape index (κ1) is 13.3. The maximum Gasteiger partial charge on any atom is 0.320 e. The van der Waals surface area contributed by atoms with Gasteiger partial charge in [0.15, 0.2) is 0 Å². The minimum atomic E-state index is -0.913. The fraction of sp³-hybridized carbons (Fsp3) is 0.833. The Bertz CT molecular complexity index is 110. The van der Waals surface area contributed by atoms with Gasteiger partial charge in [0.05, 0.1) is 11.9 Å². The molecule has 0 radical (unpaired) electrons. The standard InChI is InChI=1S/C6H13NO2.ClHO/c1-3-4(2)5(7)6(8)9;1-2/h4-5H,3,7H2,1-2H3,(H,8,9);2H/t4-,5-;/m0./s1. The van der Waals surface area contributed by atoms with E-state index in [1.807, 2.05) is 13.8 Å². The van der Waals surface area contributed by atoms with E-state index in [9.17, 15) is 4.79 Å². The Morgan fingerprint density at radius 3 is 2.09 bits per heavy atom. The second-order valence-corrected chi connectivity index (χ2v) is 2.25. The monoisotopic (exact) mass is 183 g/mol. The van der Waals surface area contributed by atoms with Gasteiger partial charge in [0, 0.05) is 0 Å². The number of aliphatic carboxylic acids is 1. The van der Waals surface area contributed by atoms with E-state index in [1.165, 1.54) is 0 Å². The van der Waals surface area contributed by atoms with Crippen LogP contribution in [0.3, 0.4) is 0 Å². The molecule has 0 bridgehead atoms. The lowest BCUT2D eigenvalue weighted by Crippen LogP contribution is -2.36. The van der Waals surface area contributed by atoms with E-state index in [2.05, 4.69) is 11.9 Å². The molecule has 11 heavy (non-hydrogen) atoms. The van der Waals surface area contributed by atoms with E-state index in [1.54, 1.807) is 0 Å². The minimum absolute atomic E-state index is 0.0718. The topological polar surface area (TPSA) is 83.6 Å². The first-order valence-corrected chi connectivity index (χ1v) is 3.58. The van der Waals surface area contributed by atoms with Gasteiger partial charge in [0.1, 0.15) is 6.04 Å². The summed E-state index contributed by atoms with van der Waals surface area (Å²) in [6.07, 6.45) is 0.813. The normalized spacial score (nSPS) is 14.3. The third kappa shape index (κ3) is 6.09. The zero-order chi connectivity index (χ0) is 9.44. The zero-order valence-corrected chi connectivity index (χ0v) is 7.38. The predicted molar refractivity (Wildman–Crippen MR) is 43.1 cm³/mol. The van der Waals surface area contributed by atoms with Crippen molar-refractivity contribution < 1.29 is 14.6 Å². The highest BCUT2D eigenvalue weighted by atomic mass is 35.5. The molecule has 0 saturated heterocycles. The Labute approximate surface area is 71.1 Å². The van der Waals surface area contributed by atoms with Crippen LogP contribution in [0, 0.1) is 5.92 Å². The van der Waals surface area contributed by atoms with Crippen LogP contribution in [0.25, 0.3) is 0 Å². The van der Waals surface area contributed by atoms with Gasteiger partial charge in [-0.1, -0.05) is 20.3 Å². The molecule has 0 aliphatic carbocycles. The summed E-state index contributed by atoms with van der Waals surface area (Å²) < 4.78 is 6.47. The Balaban J connectivity index is 0. The first-order valence-electron chi connectivity index (χ1n) is 3.24. The van der Waals surface area contributed by atoms with Gasteiger partial charge < -0.3 is 10.8 Å². The molecule has 4 N–H and O–H groups in total. The van der Waals surface area contributed by atoms with Crippen LogP contribution in [-0.4, -0.2) is 21.8 Å². The van der Waals surface area contributed by atoms with E-state index in [0.29, 0.717) is 0 Å². The van der Waals surface area contributed by atoms with Crippen LogP contribution in [-0.2, 0) is 4.79 Å². The molecule has 68 valence electrons. The number of halogens is 1. The molecule has 2 atom stereocenters. The molecule has 0 unspecified atom stereocenters. The average Bonchev–Trinajstić information content (AvgIpc) is 2.05. The molecule has 0 fully saturated rings. The number of hydrogen-bond acceptors (Lipinski definition) is 3. The number of carboxylic acid groups (broad SMARTS) is 1. The molecule has 0 amide bonds. The van der Waals surface area contributed by atoms with Crippen molar-refractivity contribution in [2.24, 2.45) is 11.7 Å². The van der Waals surface area contributed by atoms with Crippen LogP contribution >= 0.6 is 11.9 Å². The van der Waals surface area contributed by atoms with Crippen molar-refractivity contribution in [2.45, 2.75) is 26.3 Å². The molecule has 0 spiro atoms. The van der Waals surface area contributed by atoms with Crippen LogP contribution < -0.4 is 5.73 Å². The molecular formula is C6H14ClNO3. The van der Waals surface area contributed by atoms with Crippen LogP contribution in [0.1, 0.15) is 20.3 Å². The summed E-state index contributed by atoms with van der Waals surface area (Å²) >= 11 is 3.64. The summed E-state index contributed by atoms with van der Waals surface area (Å²) in [6.45, 7) is 3.76. The number of carbonyl (C=O) groups is 1. The van der Waals surface area contributed by atoms with Crippen molar-refractivity contribution in [1.29, 1.82) is 0 Å². The van der Waals surface area contributed by atoms with E-state index in [4.69, 9.17) is 15.5 Å². The molecular weight excluding hydrogens is 170 g/mol. The van der Waals surface area contributed by atoms with Gasteiger partial charge in [0.2, 0.25) is 0 Å². The summed E-state index contributed by atoms with van der Waals surface area (Å²) in [4.78, 5) is 10.2. The summed E-state index contributed by atoms with van der Waals surface area (Å²) in [6, 6.07) is -0.699. The number of rotatable bonds is 3. The van der Waals surface area contributed by atoms with Gasteiger partial charge in [0.25, 0.3) is 0 Å². The van der Waals surface area contributed by atoms with Gasteiger partial charge in [-0.25, -0.2) is 0 Å². The minimum Gasteiger partial charge on any atom is -0.480 e. The van der Waals surface area contributed by atoms with E-state index >= 15 is 0 Å². The molecule has 0 aromatic carbocycles. The van der Waals surface area contributed by atoms with Gasteiger partial charge in [-0.2, -0.15) is 0 Å². The van der Waals surface area contributed by atoms with Crippen molar-refractivity contribution in [3.8, 4) is 0 Å². The lowest BCUT2D eigenvalue weighted by molar-refractivity contribution is -0.139. The third-order valence-corrected chi connectivity index (χ3v) is 1.54. The highest BCUT2D eigenvalue weighted by Crippen LogP contribution is 2.04. The highest BCUT2D eigenvalue weighted by molar-refractivity contribution is 6.04. The largest absolute Gasteiger partial charge is 0.480 e. The number of carboxylic acids is 1. The number of nitrogens with two attached hydrogens (primary N) is 1. The van der Waals surface area contributed by atoms with Crippen molar-refractivity contribution in [3.63, 3.8) is 0 Å². The molecule has 0 saturated carbocycles. The quantitative estimate of drug-likeness (QED) is 0.598. The highest BCUT2D eigenvalue weighted by Gasteiger charge is 2.17. The Morgan fingerprint density at radius 2 is 2.00 bits per heavy atom. The van der Waals surface area contributed by atoms with Crippen LogP contribution in [0.2, 0.25) is 0 Å². The van der Waals surface area contributed by atoms with Crippen LogP contribution in [0.15, 0.2) is 0 Å². The maximum absolute atomic E-state index is 10.2. The van der Waals surface area contributed by atoms with Crippen LogP contribution in [0.5, 0.6) is 0 Å². The Hall–Kier alpha value is -0.320. The van der Waals surface area contributed by atoms with Gasteiger partial charge in [-0.3, -0.25) is 9.45 Å². The second kappa shape index (κ2) is 7.78. The van der Waals surface area contributed by atoms with Gasteiger partial charge >= 0.3 is 5.97 Å². The predicted octanol–water partition coefficient (Wildman–Crippen LogP) is 0.577. The fourth-order valence-corrected chi connectivity index (χ4v) is 0.497. The summed E-state index contributed by atoms with van der Waals surface area (Å²) in [5, 5.41) is 8.36. The maximum atomic E-state index is 10.2. The van der Waals surface area contributed by atoms with Gasteiger partial charge in [-0.15, -0.1) is 0 Å². The third-order valence-electron chi connectivity index (χ3n) is 1.54. The van der Waals surface area contributed by atoms with E-state index < -0.39 is 12.0 Å². The molecule has 4 nitrogen and oxygen atoms in total. The Kier molecular flexibility index (Phi) is 9.40. The zero-order valence-electron chi connectivity index (χ0n) is 6.62. The molecule has 0 rings (SSSR count). The molecule has 5 heteroatoms. The lowest BCUT2D eigenvalue weighted by atomic mass is 10.0. The van der Waals surface area contributed by atoms with Crippen LogP contribution in [0.4, 0.5) is 0 Å². The van der Waals surface area contributed by atoms with Crippen molar-refractivity contribution >= 4 is 17.8 Å². The number of hydrogen-bond donors (Lipinski definition) is 3. The molecule has 0 aromatic heterocycles. The average molecular weight is 184 g/mol. The second-order valence-electron chi connectivity index (χ2n) is 2.25. The summed E-state index contributed by atoms with van der Waals surface area (Å²) in [5.41, 5.74) is 5.27. The smallest absolute Gasteiger partial charge is 0.320 e. The molecule has 0 aromatic rings. The molecule has 0 aliphatic heterocycles. The molecule has 0 heterocycles. The van der Waals surface area contributed by atoms with E-state index in [-0.39, 0.29) is 5.92 Å². The summed E-state index contributed by atoms with van der Waals surface area (Å²) in [7, 11) is 0. The lowest BCUT2D eigenvalue weighted by Gasteiger charge is -2.11. The van der Waals surface area contributed by atoms with Crippen molar-refractivity contribution in [1.82, 2.24) is 0 Å². The van der Waals surface area contributed by atoms with Gasteiger partial charge in [-0.05, 0) is 5.92 Å². The first-order chi connectivity index (χ1) is 5.09. The summed E-state index contributed by atoms with van der Waals surface area (Å²) in [5.74, 6) is -0.841. The Morgan fingerprint density at radius 1 is 1.64 bits per heavy atom.